The first kappa shape index (κ1) is 20.5. The molecule has 9 heteroatoms. The molecule has 0 bridgehead atoms. The molecular formula is C19H21F3N2O3S. The van der Waals surface area contributed by atoms with Crippen LogP contribution in [0.2, 0.25) is 0 Å². The lowest BCUT2D eigenvalue weighted by atomic mass is 10.2. The fourth-order valence-corrected chi connectivity index (χ4v) is 4.37. The van der Waals surface area contributed by atoms with Crippen molar-refractivity contribution in [2.45, 2.75) is 37.4 Å². The lowest BCUT2D eigenvalue weighted by molar-refractivity contribution is 0.283. The van der Waals surface area contributed by atoms with Crippen molar-refractivity contribution in [3.8, 4) is 5.75 Å². The third-order valence-electron chi connectivity index (χ3n) is 4.77. The van der Waals surface area contributed by atoms with E-state index in [2.05, 4.69) is 10.0 Å². The molecule has 3 rings (SSSR count). The minimum absolute atomic E-state index is 0.0467. The summed E-state index contributed by atoms with van der Waals surface area (Å²) in [6.45, 7) is 1.63. The summed E-state index contributed by atoms with van der Waals surface area (Å²) in [5.74, 6) is -4.00. The lowest BCUT2D eigenvalue weighted by Crippen LogP contribution is -2.24. The molecule has 5 nitrogen and oxygen atoms in total. The summed E-state index contributed by atoms with van der Waals surface area (Å²) in [4.78, 5) is 0. The fraction of sp³-hybridized carbons (Fsp3) is 0.368. The minimum atomic E-state index is -1.72. The maximum absolute atomic E-state index is 14.5. The number of halogens is 3. The molecule has 1 unspecified atom stereocenters. The Morgan fingerprint density at radius 2 is 1.86 bits per heavy atom. The van der Waals surface area contributed by atoms with E-state index in [0.29, 0.717) is 37.3 Å². The number of aryl methyl sites for hydroxylation is 1. The van der Waals surface area contributed by atoms with Crippen molar-refractivity contribution in [1.29, 1.82) is 0 Å². The van der Waals surface area contributed by atoms with Gasteiger partial charge in [0.05, 0.1) is 10.4 Å². The molecular weight excluding hydrogens is 393 g/mol. The van der Waals surface area contributed by atoms with E-state index in [4.69, 9.17) is 5.11 Å². The van der Waals surface area contributed by atoms with Crippen molar-refractivity contribution in [2.75, 3.05) is 16.6 Å². The highest BCUT2D eigenvalue weighted by atomic mass is 32.2. The van der Waals surface area contributed by atoms with Gasteiger partial charge in [-0.25, -0.2) is 17.4 Å². The molecule has 2 aromatic carbocycles. The Morgan fingerprint density at radius 1 is 1.14 bits per heavy atom. The average molecular weight is 414 g/mol. The predicted octanol–water partition coefficient (Wildman–Crippen LogP) is 4.24. The topological polar surface area (TPSA) is 81.6 Å². The number of aliphatic hydroxyl groups is 1. The van der Waals surface area contributed by atoms with Gasteiger partial charge in [-0.15, -0.1) is 0 Å². The van der Waals surface area contributed by atoms with Crippen molar-refractivity contribution in [2.24, 2.45) is 0 Å². The first-order valence-corrected chi connectivity index (χ1v) is 9.96. The number of aliphatic hydroxyl groups excluding tert-OH is 1. The summed E-state index contributed by atoms with van der Waals surface area (Å²) >= 11 is 0. The zero-order valence-electron chi connectivity index (χ0n) is 15.2. The van der Waals surface area contributed by atoms with Crippen LogP contribution in [0.1, 0.15) is 31.2 Å². The lowest BCUT2D eigenvalue weighted by Gasteiger charge is -2.20. The van der Waals surface area contributed by atoms with Gasteiger partial charge in [0.1, 0.15) is 33.9 Å². The first-order chi connectivity index (χ1) is 13.3. The molecule has 1 aliphatic carbocycles. The third-order valence-corrected chi connectivity index (χ3v) is 6.56. The largest absolute Gasteiger partial charge is 0.506 e. The number of benzene rings is 2. The molecule has 1 aliphatic rings. The highest BCUT2D eigenvalue weighted by Crippen LogP contribution is 2.47. The van der Waals surface area contributed by atoms with E-state index in [1.165, 1.54) is 12.1 Å². The van der Waals surface area contributed by atoms with E-state index in [1.807, 2.05) is 0 Å². The van der Waals surface area contributed by atoms with Crippen LogP contribution < -0.4 is 10.0 Å². The number of hydrogen-bond donors (Lipinski definition) is 4. The Balaban J connectivity index is 1.95. The van der Waals surface area contributed by atoms with Crippen LogP contribution >= 0.6 is 0 Å². The number of nitrogens with one attached hydrogen (secondary N) is 2. The monoisotopic (exact) mass is 414 g/mol. The van der Waals surface area contributed by atoms with Crippen molar-refractivity contribution in [3.05, 3.63) is 47.3 Å². The molecule has 28 heavy (non-hydrogen) atoms. The van der Waals surface area contributed by atoms with Gasteiger partial charge < -0.3 is 15.5 Å². The standard InChI is InChI=1S/C19H21F3N2O3S/c1-11-3-4-14(12(20)9-11)23-18-16(22)13(21)10-15(26)17(18)24-28(27)19(6-7-19)5-2-8-25/h3-4,9-10,23-26H,2,5-8H2,1H3. The van der Waals surface area contributed by atoms with E-state index in [-0.39, 0.29) is 18.0 Å². The molecule has 0 amide bonds. The average Bonchev–Trinajstić information content (AvgIpc) is 3.43. The number of rotatable bonds is 8. The van der Waals surface area contributed by atoms with Crippen LogP contribution in [-0.4, -0.2) is 25.8 Å². The van der Waals surface area contributed by atoms with Crippen LogP contribution in [0.15, 0.2) is 24.3 Å². The van der Waals surface area contributed by atoms with Crippen LogP contribution in [-0.2, 0) is 11.0 Å². The highest BCUT2D eigenvalue weighted by Gasteiger charge is 2.48. The molecule has 4 N–H and O–H groups in total. The van der Waals surface area contributed by atoms with Gasteiger partial charge in [0, 0.05) is 12.7 Å². The van der Waals surface area contributed by atoms with Gasteiger partial charge in [-0.2, -0.15) is 0 Å². The summed E-state index contributed by atoms with van der Waals surface area (Å²) in [6.07, 6.45) is 2.23. The Bertz CT molecular complexity index is 920. The molecule has 2 aromatic rings. The summed E-state index contributed by atoms with van der Waals surface area (Å²) in [6, 6.07) is 4.73. The predicted molar refractivity (Wildman–Crippen MR) is 102 cm³/mol. The van der Waals surface area contributed by atoms with Gasteiger partial charge in [-0.3, -0.25) is 4.72 Å². The molecule has 0 aromatic heterocycles. The van der Waals surface area contributed by atoms with E-state index < -0.39 is 44.6 Å². The van der Waals surface area contributed by atoms with Crippen molar-refractivity contribution < 1.29 is 27.6 Å². The molecule has 0 heterocycles. The summed E-state index contributed by atoms with van der Waals surface area (Å²) in [5.41, 5.74) is -0.326. The Hall–Kier alpha value is -2.26. The second kappa shape index (κ2) is 8.00. The zero-order valence-corrected chi connectivity index (χ0v) is 16.0. The van der Waals surface area contributed by atoms with Crippen LogP contribution in [0.25, 0.3) is 0 Å². The second-order valence-electron chi connectivity index (χ2n) is 6.93. The minimum Gasteiger partial charge on any atom is -0.506 e. The van der Waals surface area contributed by atoms with Gasteiger partial charge in [0.15, 0.2) is 11.6 Å². The number of phenols is 1. The van der Waals surface area contributed by atoms with Crippen molar-refractivity contribution in [3.63, 3.8) is 0 Å². The van der Waals surface area contributed by atoms with Crippen LogP contribution in [0, 0.1) is 24.4 Å². The molecule has 152 valence electrons. The van der Waals surface area contributed by atoms with Gasteiger partial charge in [0.2, 0.25) is 0 Å². The third kappa shape index (κ3) is 4.10. The van der Waals surface area contributed by atoms with Gasteiger partial charge in [-0.05, 0) is 50.3 Å². The normalized spacial score (nSPS) is 15.9. The number of phenolic OH excluding ortho intramolecular Hbond substituents is 1. The SMILES string of the molecule is Cc1ccc(Nc2c(F)c(F)cc(O)c2NS(=O)C2(CCCO)CC2)c(F)c1. The molecule has 1 fully saturated rings. The van der Waals surface area contributed by atoms with E-state index >= 15 is 0 Å². The highest BCUT2D eigenvalue weighted by molar-refractivity contribution is 7.88. The van der Waals surface area contributed by atoms with Crippen molar-refractivity contribution in [1.82, 2.24) is 0 Å². The quantitative estimate of drug-likeness (QED) is 0.487. The summed E-state index contributed by atoms with van der Waals surface area (Å²) < 4.78 is 57.2. The molecule has 0 radical (unpaired) electrons. The fourth-order valence-electron chi connectivity index (χ4n) is 2.96. The number of anilines is 3. The molecule has 1 atom stereocenters. The Morgan fingerprint density at radius 3 is 2.46 bits per heavy atom. The second-order valence-corrected chi connectivity index (χ2v) is 8.54. The van der Waals surface area contributed by atoms with Crippen LogP contribution in [0.5, 0.6) is 5.75 Å². The summed E-state index contributed by atoms with van der Waals surface area (Å²) in [5, 5.41) is 21.6. The maximum atomic E-state index is 14.5. The Labute approximate surface area is 163 Å². The van der Waals surface area contributed by atoms with Crippen LogP contribution in [0.3, 0.4) is 0 Å². The molecule has 0 spiro atoms. The van der Waals surface area contributed by atoms with Crippen LogP contribution in [0.4, 0.5) is 30.2 Å². The zero-order chi connectivity index (χ0) is 20.5. The molecule has 0 saturated heterocycles. The summed E-state index contributed by atoms with van der Waals surface area (Å²) in [7, 11) is -1.72. The van der Waals surface area contributed by atoms with Crippen molar-refractivity contribution >= 4 is 28.0 Å². The van der Waals surface area contributed by atoms with Gasteiger partial charge in [0.25, 0.3) is 0 Å². The van der Waals surface area contributed by atoms with Gasteiger partial charge in [-0.1, -0.05) is 6.07 Å². The molecule has 0 aliphatic heterocycles. The molecule has 1 saturated carbocycles. The Kier molecular flexibility index (Phi) is 5.85. The van der Waals surface area contributed by atoms with E-state index in [1.54, 1.807) is 13.0 Å². The van der Waals surface area contributed by atoms with E-state index in [0.717, 1.165) is 0 Å². The van der Waals surface area contributed by atoms with Gasteiger partial charge >= 0.3 is 0 Å². The smallest absolute Gasteiger partial charge is 0.184 e. The number of hydrogen-bond acceptors (Lipinski definition) is 4. The number of aromatic hydroxyl groups is 1. The first-order valence-electron chi connectivity index (χ1n) is 8.81. The van der Waals surface area contributed by atoms with E-state index in [9.17, 15) is 22.5 Å². The maximum Gasteiger partial charge on any atom is 0.184 e.